The van der Waals surface area contributed by atoms with E-state index in [4.69, 9.17) is 25.5 Å². The Morgan fingerprint density at radius 3 is 2.74 bits per heavy atom. The topological polar surface area (TPSA) is 91.4 Å². The molecule has 0 spiro atoms. The highest BCUT2D eigenvalue weighted by Gasteiger charge is 2.18. The molecule has 176 valence electrons. The number of halogens is 1. The van der Waals surface area contributed by atoms with Gasteiger partial charge in [-0.3, -0.25) is 9.36 Å². The summed E-state index contributed by atoms with van der Waals surface area (Å²) in [6.45, 7) is 2.28. The molecule has 0 saturated heterocycles. The number of carbonyl (C=O) groups excluding carboxylic acids is 1. The first-order valence-electron chi connectivity index (χ1n) is 10.3. The Balaban J connectivity index is 1.55. The Hall–Kier alpha value is -3.43. The minimum absolute atomic E-state index is 0.124. The fourth-order valence-corrected chi connectivity index (χ4v) is 4.21. The Labute approximate surface area is 206 Å². The van der Waals surface area contributed by atoms with Gasteiger partial charge in [-0.15, -0.1) is 10.2 Å². The second kappa shape index (κ2) is 10.7. The standard InChI is InChI=1S/C24H23ClN4O4S/c1-15-10-20(21(32-3)12-19(15)25)26-22(30)14-34-24-28-27-23(16-6-4-7-17(11-16)31-2)29(24)13-18-8-5-9-33-18/h4-12H,13-14H2,1-3H3,(H,26,30). The third-order valence-electron chi connectivity index (χ3n) is 5.03. The number of rotatable bonds is 9. The van der Waals surface area contributed by atoms with Crippen molar-refractivity contribution in [1.29, 1.82) is 0 Å². The summed E-state index contributed by atoms with van der Waals surface area (Å²) in [6.07, 6.45) is 1.62. The van der Waals surface area contributed by atoms with Crippen LogP contribution in [0.2, 0.25) is 5.02 Å². The van der Waals surface area contributed by atoms with Gasteiger partial charge in [-0.1, -0.05) is 35.5 Å². The predicted octanol–water partition coefficient (Wildman–Crippen LogP) is 5.30. The number of benzene rings is 2. The summed E-state index contributed by atoms with van der Waals surface area (Å²) in [5.41, 5.74) is 2.24. The van der Waals surface area contributed by atoms with Crippen LogP contribution in [0.4, 0.5) is 5.69 Å². The van der Waals surface area contributed by atoms with Crippen LogP contribution in [0.5, 0.6) is 11.5 Å². The molecular formula is C24H23ClN4O4S. The lowest BCUT2D eigenvalue weighted by Crippen LogP contribution is -2.15. The van der Waals surface area contributed by atoms with Gasteiger partial charge >= 0.3 is 0 Å². The van der Waals surface area contributed by atoms with E-state index in [-0.39, 0.29) is 11.7 Å². The monoisotopic (exact) mass is 498 g/mol. The van der Waals surface area contributed by atoms with Crippen molar-refractivity contribution in [3.63, 3.8) is 0 Å². The zero-order valence-electron chi connectivity index (χ0n) is 18.9. The van der Waals surface area contributed by atoms with Crippen LogP contribution in [0.25, 0.3) is 11.4 Å². The molecule has 0 aliphatic carbocycles. The minimum Gasteiger partial charge on any atom is -0.497 e. The maximum Gasteiger partial charge on any atom is 0.234 e. The number of nitrogens with zero attached hydrogens (tertiary/aromatic N) is 3. The maximum absolute atomic E-state index is 12.7. The predicted molar refractivity (Wildman–Crippen MR) is 132 cm³/mol. The second-order valence-electron chi connectivity index (χ2n) is 7.34. The van der Waals surface area contributed by atoms with E-state index in [1.54, 1.807) is 25.5 Å². The summed E-state index contributed by atoms with van der Waals surface area (Å²) >= 11 is 7.44. The molecule has 2 heterocycles. The van der Waals surface area contributed by atoms with E-state index in [1.807, 2.05) is 47.9 Å². The van der Waals surface area contributed by atoms with E-state index in [0.29, 0.717) is 39.7 Å². The lowest BCUT2D eigenvalue weighted by atomic mass is 10.2. The van der Waals surface area contributed by atoms with Gasteiger partial charge < -0.3 is 19.2 Å². The lowest BCUT2D eigenvalue weighted by molar-refractivity contribution is -0.113. The van der Waals surface area contributed by atoms with Crippen LogP contribution in [0, 0.1) is 6.92 Å². The fraction of sp³-hybridized carbons (Fsp3) is 0.208. The number of anilines is 1. The van der Waals surface area contributed by atoms with Gasteiger partial charge in [0.25, 0.3) is 0 Å². The first-order chi connectivity index (χ1) is 16.5. The Kier molecular flexibility index (Phi) is 7.44. The van der Waals surface area contributed by atoms with Gasteiger partial charge in [0.1, 0.15) is 17.3 Å². The molecule has 0 radical (unpaired) electrons. The number of thioether (sulfide) groups is 1. The number of aryl methyl sites for hydroxylation is 1. The van der Waals surface area contributed by atoms with Crippen LogP contribution in [0.3, 0.4) is 0 Å². The van der Waals surface area contributed by atoms with Crippen LogP contribution >= 0.6 is 23.4 Å². The molecule has 10 heteroatoms. The highest BCUT2D eigenvalue weighted by molar-refractivity contribution is 7.99. The molecule has 0 bridgehead atoms. The van der Waals surface area contributed by atoms with Crippen molar-refractivity contribution in [1.82, 2.24) is 14.8 Å². The highest BCUT2D eigenvalue weighted by atomic mass is 35.5. The smallest absolute Gasteiger partial charge is 0.234 e. The number of carbonyl (C=O) groups is 1. The molecule has 0 aliphatic rings. The molecule has 1 amide bonds. The summed E-state index contributed by atoms with van der Waals surface area (Å²) in [6, 6.07) is 14.7. The summed E-state index contributed by atoms with van der Waals surface area (Å²) in [4.78, 5) is 12.7. The first kappa shape index (κ1) is 23.7. The lowest BCUT2D eigenvalue weighted by Gasteiger charge is -2.12. The van der Waals surface area contributed by atoms with Gasteiger partial charge in [0.2, 0.25) is 5.91 Å². The molecule has 2 aromatic carbocycles. The van der Waals surface area contributed by atoms with Crippen molar-refractivity contribution in [3.05, 3.63) is 71.1 Å². The van der Waals surface area contributed by atoms with E-state index < -0.39 is 0 Å². The Bertz CT molecular complexity index is 1290. The summed E-state index contributed by atoms with van der Waals surface area (Å²) in [5, 5.41) is 12.8. The number of ether oxygens (including phenoxy) is 2. The largest absolute Gasteiger partial charge is 0.497 e. The number of hydrogen-bond acceptors (Lipinski definition) is 7. The zero-order valence-corrected chi connectivity index (χ0v) is 20.4. The van der Waals surface area contributed by atoms with Gasteiger partial charge in [0, 0.05) is 16.7 Å². The van der Waals surface area contributed by atoms with E-state index >= 15 is 0 Å². The molecule has 0 fully saturated rings. The SMILES string of the molecule is COc1cccc(-c2nnc(SCC(=O)Nc3cc(C)c(Cl)cc3OC)n2Cc2ccco2)c1. The Morgan fingerprint density at radius 1 is 1.15 bits per heavy atom. The van der Waals surface area contributed by atoms with Crippen molar-refractivity contribution in [2.45, 2.75) is 18.6 Å². The molecule has 2 aromatic heterocycles. The molecule has 0 saturated carbocycles. The van der Waals surface area contributed by atoms with Gasteiger partial charge in [0.05, 0.1) is 38.5 Å². The molecular weight excluding hydrogens is 476 g/mol. The summed E-state index contributed by atoms with van der Waals surface area (Å²) in [7, 11) is 3.15. The maximum atomic E-state index is 12.7. The molecule has 0 unspecified atom stereocenters. The number of nitrogens with one attached hydrogen (secondary N) is 1. The number of amides is 1. The third kappa shape index (κ3) is 5.37. The molecule has 0 aliphatic heterocycles. The third-order valence-corrected chi connectivity index (χ3v) is 6.40. The zero-order chi connectivity index (χ0) is 24.1. The van der Waals surface area contributed by atoms with Gasteiger partial charge in [-0.25, -0.2) is 0 Å². The normalized spacial score (nSPS) is 10.8. The average molecular weight is 499 g/mol. The highest BCUT2D eigenvalue weighted by Crippen LogP contribution is 2.32. The number of methoxy groups -OCH3 is 2. The molecule has 34 heavy (non-hydrogen) atoms. The molecule has 4 aromatic rings. The number of furan rings is 1. The quantitative estimate of drug-likeness (QED) is 0.313. The van der Waals surface area contributed by atoms with Crippen LogP contribution in [-0.4, -0.2) is 40.6 Å². The van der Waals surface area contributed by atoms with Crippen LogP contribution in [0.15, 0.2) is 64.4 Å². The number of hydrogen-bond donors (Lipinski definition) is 1. The average Bonchev–Trinajstić information content (AvgIpc) is 3.50. The van der Waals surface area contributed by atoms with Crippen molar-refractivity contribution < 1.29 is 18.7 Å². The Morgan fingerprint density at radius 2 is 2.00 bits per heavy atom. The summed E-state index contributed by atoms with van der Waals surface area (Å²) in [5.74, 6) is 2.52. The van der Waals surface area contributed by atoms with Crippen molar-refractivity contribution >= 4 is 35.0 Å². The van der Waals surface area contributed by atoms with Gasteiger partial charge in [-0.2, -0.15) is 0 Å². The van der Waals surface area contributed by atoms with E-state index in [0.717, 1.165) is 16.9 Å². The van der Waals surface area contributed by atoms with Crippen molar-refractivity contribution in [2.24, 2.45) is 0 Å². The first-order valence-corrected chi connectivity index (χ1v) is 11.7. The molecule has 4 rings (SSSR count). The van der Waals surface area contributed by atoms with E-state index in [2.05, 4.69) is 15.5 Å². The van der Waals surface area contributed by atoms with E-state index in [9.17, 15) is 4.79 Å². The van der Waals surface area contributed by atoms with Crippen LogP contribution in [0.1, 0.15) is 11.3 Å². The van der Waals surface area contributed by atoms with Crippen molar-refractivity contribution in [3.8, 4) is 22.9 Å². The van der Waals surface area contributed by atoms with Crippen molar-refractivity contribution in [2.75, 3.05) is 25.3 Å². The van der Waals surface area contributed by atoms with Gasteiger partial charge in [-0.05, 0) is 42.8 Å². The molecule has 8 nitrogen and oxygen atoms in total. The fourth-order valence-electron chi connectivity index (χ4n) is 3.32. The molecule has 0 atom stereocenters. The second-order valence-corrected chi connectivity index (χ2v) is 8.69. The van der Waals surface area contributed by atoms with Gasteiger partial charge in [0.15, 0.2) is 11.0 Å². The van der Waals surface area contributed by atoms with E-state index in [1.165, 1.54) is 18.9 Å². The van der Waals surface area contributed by atoms with Crippen LogP contribution in [-0.2, 0) is 11.3 Å². The minimum atomic E-state index is -0.208. The number of aromatic nitrogens is 3. The van der Waals surface area contributed by atoms with Crippen LogP contribution < -0.4 is 14.8 Å². The molecule has 1 N–H and O–H groups in total. The summed E-state index contributed by atoms with van der Waals surface area (Å²) < 4.78 is 18.1.